The van der Waals surface area contributed by atoms with Crippen LogP contribution in [0.2, 0.25) is 0 Å². The molecule has 1 heterocycles. The van der Waals surface area contributed by atoms with Gasteiger partial charge in [0.2, 0.25) is 0 Å². The summed E-state index contributed by atoms with van der Waals surface area (Å²) >= 11 is 0. The molecular weight excluding hydrogens is 434 g/mol. The van der Waals surface area contributed by atoms with Crippen LogP contribution in [0.5, 0.6) is 0 Å². The van der Waals surface area contributed by atoms with Crippen LogP contribution in [0.4, 0.5) is 28.0 Å². The average molecular weight is 459 g/mol. The molecule has 2 aromatic carbocycles. The first-order valence-electron chi connectivity index (χ1n) is 10.3. The van der Waals surface area contributed by atoms with Crippen LogP contribution in [-0.4, -0.2) is 11.0 Å². The lowest BCUT2D eigenvalue weighted by Gasteiger charge is -2.25. The molecule has 0 aliphatic heterocycles. The number of rotatable bonds is 5. The van der Waals surface area contributed by atoms with Gasteiger partial charge in [0.25, 0.3) is 0 Å². The molecular formula is C25H25F4N3O. The lowest BCUT2D eigenvalue weighted by molar-refractivity contribution is -0.138. The fourth-order valence-electron chi connectivity index (χ4n) is 3.53. The quantitative estimate of drug-likeness (QED) is 0.413. The number of alkyl halides is 4. The Hall–Kier alpha value is -3.42. The highest BCUT2D eigenvalue weighted by atomic mass is 19.4. The van der Waals surface area contributed by atoms with E-state index in [4.69, 9.17) is 0 Å². The molecule has 2 amide bonds. The SMILES string of the molecule is CC(C)(C)c1ccccc1NC(=O)N[C@@H](c1ccc(CF)cc1)c1ncccc1C(F)(F)F. The molecule has 1 aromatic heterocycles. The number of aromatic nitrogens is 1. The summed E-state index contributed by atoms with van der Waals surface area (Å²) in [6, 6.07) is 13.3. The number of para-hydroxylation sites is 1. The van der Waals surface area contributed by atoms with Crippen molar-refractivity contribution in [1.82, 2.24) is 10.3 Å². The fourth-order valence-corrected chi connectivity index (χ4v) is 3.53. The molecule has 4 nitrogen and oxygen atoms in total. The molecule has 1 atom stereocenters. The number of hydrogen-bond acceptors (Lipinski definition) is 2. The standard InChI is InChI=1S/C25H25F4N3O/c1-24(2,3)18-7-4-5-9-20(18)31-23(33)32-21(17-12-10-16(15-26)11-13-17)22-19(25(27,28)29)8-6-14-30-22/h4-14,21H,15H2,1-3H3,(H2,31,32,33)/t21-/m0/s1. The minimum atomic E-state index is -4.67. The predicted octanol–water partition coefficient (Wildman–Crippen LogP) is 6.78. The van der Waals surface area contributed by atoms with Crippen LogP contribution < -0.4 is 10.6 Å². The summed E-state index contributed by atoms with van der Waals surface area (Å²) in [5.41, 5.74) is 0.561. The Kier molecular flexibility index (Phi) is 7.05. The van der Waals surface area contributed by atoms with E-state index < -0.39 is 30.5 Å². The molecule has 2 N–H and O–H groups in total. The van der Waals surface area contributed by atoms with Crippen molar-refractivity contribution >= 4 is 11.7 Å². The number of amides is 2. The van der Waals surface area contributed by atoms with Crippen molar-refractivity contribution in [1.29, 1.82) is 0 Å². The van der Waals surface area contributed by atoms with Crippen molar-refractivity contribution in [2.75, 3.05) is 5.32 Å². The van der Waals surface area contributed by atoms with Crippen LogP contribution in [0, 0.1) is 0 Å². The largest absolute Gasteiger partial charge is 0.418 e. The van der Waals surface area contributed by atoms with E-state index in [0.717, 1.165) is 11.6 Å². The van der Waals surface area contributed by atoms with Crippen molar-refractivity contribution in [3.05, 3.63) is 94.8 Å². The number of hydrogen-bond donors (Lipinski definition) is 2. The average Bonchev–Trinajstić information content (AvgIpc) is 2.77. The molecule has 3 aromatic rings. The normalized spacial score (nSPS) is 12.8. The Bertz CT molecular complexity index is 1110. The van der Waals surface area contributed by atoms with Gasteiger partial charge in [-0.05, 0) is 40.3 Å². The van der Waals surface area contributed by atoms with E-state index in [9.17, 15) is 22.4 Å². The number of carbonyl (C=O) groups excluding carboxylic acids is 1. The van der Waals surface area contributed by atoms with Crippen molar-refractivity contribution in [2.45, 2.75) is 45.1 Å². The molecule has 0 unspecified atom stereocenters. The van der Waals surface area contributed by atoms with Gasteiger partial charge < -0.3 is 10.6 Å². The second-order valence-corrected chi connectivity index (χ2v) is 8.64. The third-order valence-corrected chi connectivity index (χ3v) is 5.14. The molecule has 0 aliphatic rings. The van der Waals surface area contributed by atoms with Crippen molar-refractivity contribution in [3.8, 4) is 0 Å². The number of benzene rings is 2. The first-order valence-corrected chi connectivity index (χ1v) is 10.3. The predicted molar refractivity (Wildman–Crippen MR) is 120 cm³/mol. The third kappa shape index (κ3) is 5.88. The lowest BCUT2D eigenvalue weighted by atomic mass is 9.86. The van der Waals surface area contributed by atoms with E-state index in [1.807, 2.05) is 32.9 Å². The van der Waals surface area contributed by atoms with Gasteiger partial charge in [-0.3, -0.25) is 4.98 Å². The van der Waals surface area contributed by atoms with Gasteiger partial charge in [-0.25, -0.2) is 9.18 Å². The molecule has 8 heteroatoms. The summed E-state index contributed by atoms with van der Waals surface area (Å²) in [4.78, 5) is 16.9. The summed E-state index contributed by atoms with van der Waals surface area (Å²) < 4.78 is 54.0. The molecule has 174 valence electrons. The van der Waals surface area contributed by atoms with E-state index in [0.29, 0.717) is 16.8 Å². The highest BCUT2D eigenvalue weighted by molar-refractivity contribution is 5.90. The first-order chi connectivity index (χ1) is 15.5. The van der Waals surface area contributed by atoms with Gasteiger partial charge in [-0.2, -0.15) is 13.2 Å². The monoisotopic (exact) mass is 459 g/mol. The minimum Gasteiger partial charge on any atom is -0.325 e. The van der Waals surface area contributed by atoms with E-state index in [1.165, 1.54) is 36.5 Å². The van der Waals surface area contributed by atoms with Gasteiger partial charge in [0.15, 0.2) is 0 Å². The lowest BCUT2D eigenvalue weighted by Crippen LogP contribution is -2.35. The van der Waals surface area contributed by atoms with Gasteiger partial charge in [-0.1, -0.05) is 63.2 Å². The summed E-state index contributed by atoms with van der Waals surface area (Å²) in [5.74, 6) is 0. The Morgan fingerprint density at radius 2 is 1.58 bits per heavy atom. The maximum Gasteiger partial charge on any atom is 0.418 e. The van der Waals surface area contributed by atoms with E-state index in [-0.39, 0.29) is 11.1 Å². The Balaban J connectivity index is 1.99. The molecule has 0 aliphatic carbocycles. The van der Waals surface area contributed by atoms with Gasteiger partial charge in [0.1, 0.15) is 6.67 Å². The van der Waals surface area contributed by atoms with Crippen molar-refractivity contribution in [2.24, 2.45) is 0 Å². The van der Waals surface area contributed by atoms with Gasteiger partial charge in [0, 0.05) is 11.9 Å². The number of halogens is 4. The van der Waals surface area contributed by atoms with E-state index in [2.05, 4.69) is 15.6 Å². The molecule has 33 heavy (non-hydrogen) atoms. The van der Waals surface area contributed by atoms with Crippen molar-refractivity contribution < 1.29 is 22.4 Å². The molecule has 0 radical (unpaired) electrons. The Labute approximate surface area is 190 Å². The highest BCUT2D eigenvalue weighted by Crippen LogP contribution is 2.36. The zero-order chi connectivity index (χ0) is 24.2. The maximum absolute atomic E-state index is 13.7. The zero-order valence-electron chi connectivity index (χ0n) is 18.5. The summed E-state index contributed by atoms with van der Waals surface area (Å²) in [6.45, 7) is 5.26. The smallest absolute Gasteiger partial charge is 0.325 e. The topological polar surface area (TPSA) is 54.0 Å². The first kappa shape index (κ1) is 24.2. The van der Waals surface area contributed by atoms with Gasteiger partial charge in [0.05, 0.1) is 17.3 Å². The number of pyridine rings is 1. The summed E-state index contributed by atoms with van der Waals surface area (Å²) in [5, 5.41) is 5.37. The van der Waals surface area contributed by atoms with Crippen LogP contribution in [0.15, 0.2) is 66.9 Å². The zero-order valence-corrected chi connectivity index (χ0v) is 18.5. The van der Waals surface area contributed by atoms with Crippen LogP contribution >= 0.6 is 0 Å². The summed E-state index contributed by atoms with van der Waals surface area (Å²) in [7, 11) is 0. The second-order valence-electron chi connectivity index (χ2n) is 8.64. The molecule has 0 fully saturated rings. The fraction of sp³-hybridized carbons (Fsp3) is 0.280. The van der Waals surface area contributed by atoms with Gasteiger partial charge >= 0.3 is 12.2 Å². The van der Waals surface area contributed by atoms with Gasteiger partial charge in [-0.15, -0.1) is 0 Å². The van der Waals surface area contributed by atoms with Crippen LogP contribution in [0.1, 0.15) is 54.8 Å². The molecule has 0 saturated heterocycles. The summed E-state index contributed by atoms with van der Waals surface area (Å²) in [6.07, 6.45) is -3.43. The maximum atomic E-state index is 13.7. The Morgan fingerprint density at radius 1 is 0.939 bits per heavy atom. The third-order valence-electron chi connectivity index (χ3n) is 5.14. The second kappa shape index (κ2) is 9.60. The molecule has 3 rings (SSSR count). The Morgan fingerprint density at radius 3 is 2.18 bits per heavy atom. The highest BCUT2D eigenvalue weighted by Gasteiger charge is 2.37. The van der Waals surface area contributed by atoms with Crippen LogP contribution in [-0.2, 0) is 18.3 Å². The molecule has 0 spiro atoms. The van der Waals surface area contributed by atoms with E-state index in [1.54, 1.807) is 12.1 Å². The molecule has 0 saturated carbocycles. The number of carbonyl (C=O) groups is 1. The van der Waals surface area contributed by atoms with Crippen molar-refractivity contribution in [3.63, 3.8) is 0 Å². The van der Waals surface area contributed by atoms with E-state index >= 15 is 0 Å². The minimum absolute atomic E-state index is 0.268. The number of urea groups is 1. The van der Waals surface area contributed by atoms with Crippen LogP contribution in [0.25, 0.3) is 0 Å². The number of nitrogens with one attached hydrogen (secondary N) is 2. The molecule has 0 bridgehead atoms. The number of nitrogens with zero attached hydrogens (tertiary/aromatic N) is 1. The number of anilines is 1. The van der Waals surface area contributed by atoms with Crippen LogP contribution in [0.3, 0.4) is 0 Å².